The molecule has 1 aromatic carbocycles. The van der Waals surface area contributed by atoms with Gasteiger partial charge in [-0.05, 0) is 19.1 Å². The number of thiazole rings is 1. The summed E-state index contributed by atoms with van der Waals surface area (Å²) in [5.74, 6) is 1.68. The number of nitrogens with one attached hydrogen (secondary N) is 1. The second-order valence-corrected chi connectivity index (χ2v) is 8.14. The summed E-state index contributed by atoms with van der Waals surface area (Å²) in [7, 11) is 3.44. The van der Waals surface area contributed by atoms with Crippen LogP contribution >= 0.6 is 23.1 Å². The minimum Gasteiger partial charge on any atom is -0.493 e. The smallest absolute Gasteiger partial charge is 0.239 e. The maximum atomic E-state index is 12.3. The molecular formula is C18H17N5O3S2. The SMILES string of the molecule is COc1cccc2cc(-c3nnc(SC(C)C(=O)Nc4nccs4)n3C)oc12. The van der Waals surface area contributed by atoms with E-state index in [1.165, 1.54) is 23.1 Å². The van der Waals surface area contributed by atoms with E-state index in [4.69, 9.17) is 9.15 Å². The summed E-state index contributed by atoms with van der Waals surface area (Å²) in [6, 6.07) is 7.59. The molecule has 1 N–H and O–H groups in total. The third-order valence-corrected chi connectivity index (χ3v) is 5.92. The van der Waals surface area contributed by atoms with Crippen LogP contribution in [0.25, 0.3) is 22.6 Å². The maximum Gasteiger partial charge on any atom is 0.239 e. The Bertz CT molecular complexity index is 1120. The first-order chi connectivity index (χ1) is 13.6. The molecule has 10 heteroatoms. The number of methoxy groups -OCH3 is 1. The molecule has 1 amide bonds. The molecule has 8 nitrogen and oxygen atoms in total. The summed E-state index contributed by atoms with van der Waals surface area (Å²) in [4.78, 5) is 16.4. The molecule has 0 radical (unpaired) electrons. The van der Waals surface area contributed by atoms with Crippen LogP contribution < -0.4 is 10.1 Å². The summed E-state index contributed by atoms with van der Waals surface area (Å²) < 4.78 is 13.1. The summed E-state index contributed by atoms with van der Waals surface area (Å²) in [6.45, 7) is 1.81. The Morgan fingerprint density at radius 1 is 1.39 bits per heavy atom. The number of hydrogen-bond acceptors (Lipinski definition) is 8. The van der Waals surface area contributed by atoms with Gasteiger partial charge < -0.3 is 19.0 Å². The van der Waals surface area contributed by atoms with Gasteiger partial charge in [0.1, 0.15) is 0 Å². The molecule has 0 saturated carbocycles. The standard InChI is InChI=1S/C18H17N5O3S2/c1-10(16(24)20-17-19-7-8-27-17)28-18-22-21-15(23(18)2)13-9-11-5-4-6-12(25-3)14(11)26-13/h4-10H,1-3H3,(H,19,20,24). The lowest BCUT2D eigenvalue weighted by Gasteiger charge is -2.09. The van der Waals surface area contributed by atoms with Gasteiger partial charge in [-0.3, -0.25) is 4.79 Å². The van der Waals surface area contributed by atoms with Crippen LogP contribution in [0.5, 0.6) is 5.75 Å². The van der Waals surface area contributed by atoms with Gasteiger partial charge in [-0.2, -0.15) is 0 Å². The number of furan rings is 1. The summed E-state index contributed by atoms with van der Waals surface area (Å²) in [6.07, 6.45) is 1.65. The zero-order valence-corrected chi connectivity index (χ0v) is 17.0. The van der Waals surface area contributed by atoms with Gasteiger partial charge >= 0.3 is 0 Å². The van der Waals surface area contributed by atoms with Crippen molar-refractivity contribution in [3.63, 3.8) is 0 Å². The van der Waals surface area contributed by atoms with Crippen LogP contribution in [0.1, 0.15) is 6.92 Å². The average Bonchev–Trinajstić information content (AvgIpc) is 3.42. The van der Waals surface area contributed by atoms with Crippen molar-refractivity contribution in [3.05, 3.63) is 35.8 Å². The predicted molar refractivity (Wildman–Crippen MR) is 109 cm³/mol. The molecule has 4 aromatic rings. The van der Waals surface area contributed by atoms with Crippen molar-refractivity contribution in [1.29, 1.82) is 0 Å². The van der Waals surface area contributed by atoms with E-state index in [9.17, 15) is 4.79 Å². The molecule has 0 aliphatic heterocycles. The third-order valence-electron chi connectivity index (χ3n) is 4.10. The first kappa shape index (κ1) is 18.5. The number of rotatable bonds is 6. The van der Waals surface area contributed by atoms with Crippen molar-refractivity contribution >= 4 is 45.1 Å². The van der Waals surface area contributed by atoms with Crippen molar-refractivity contribution < 1.29 is 13.9 Å². The van der Waals surface area contributed by atoms with Crippen molar-refractivity contribution in [2.24, 2.45) is 7.05 Å². The topological polar surface area (TPSA) is 95.1 Å². The molecule has 3 aromatic heterocycles. The Morgan fingerprint density at radius 2 is 2.25 bits per heavy atom. The van der Waals surface area contributed by atoms with Gasteiger partial charge in [0.05, 0.1) is 12.4 Å². The Hall–Kier alpha value is -2.85. The van der Waals surface area contributed by atoms with Gasteiger partial charge in [0.25, 0.3) is 0 Å². The largest absolute Gasteiger partial charge is 0.493 e. The number of fused-ring (bicyclic) bond motifs is 1. The van der Waals surface area contributed by atoms with Gasteiger partial charge in [-0.25, -0.2) is 4.98 Å². The highest BCUT2D eigenvalue weighted by Crippen LogP contribution is 2.34. The van der Waals surface area contributed by atoms with E-state index < -0.39 is 0 Å². The number of benzene rings is 1. The molecule has 0 aliphatic rings. The van der Waals surface area contributed by atoms with Crippen molar-refractivity contribution in [2.75, 3.05) is 12.4 Å². The first-order valence-corrected chi connectivity index (χ1v) is 10.2. The molecule has 1 unspecified atom stereocenters. The highest BCUT2D eigenvalue weighted by atomic mass is 32.2. The Morgan fingerprint density at radius 3 is 3.00 bits per heavy atom. The van der Waals surface area contributed by atoms with E-state index in [1.807, 2.05) is 48.2 Å². The highest BCUT2D eigenvalue weighted by Gasteiger charge is 2.21. The molecule has 144 valence electrons. The minimum absolute atomic E-state index is 0.141. The van der Waals surface area contributed by atoms with Crippen LogP contribution in [0.3, 0.4) is 0 Å². The van der Waals surface area contributed by atoms with E-state index in [0.717, 1.165) is 5.39 Å². The number of ether oxygens (including phenoxy) is 1. The van der Waals surface area contributed by atoms with Gasteiger partial charge in [-0.1, -0.05) is 23.9 Å². The Labute approximate surface area is 168 Å². The van der Waals surface area contributed by atoms with Crippen molar-refractivity contribution in [2.45, 2.75) is 17.3 Å². The fourth-order valence-electron chi connectivity index (χ4n) is 2.64. The summed E-state index contributed by atoms with van der Waals surface area (Å²) >= 11 is 2.69. The number of aromatic nitrogens is 4. The number of carbonyl (C=O) groups is 1. The molecule has 0 spiro atoms. The number of carbonyl (C=O) groups excluding carboxylic acids is 1. The number of hydrogen-bond donors (Lipinski definition) is 1. The number of anilines is 1. The second kappa shape index (κ2) is 7.64. The average molecular weight is 416 g/mol. The Kier molecular flexibility index (Phi) is 5.05. The van der Waals surface area contributed by atoms with Gasteiger partial charge in [0.15, 0.2) is 33.2 Å². The molecule has 0 fully saturated rings. The monoisotopic (exact) mass is 415 g/mol. The molecule has 0 saturated heterocycles. The van der Waals surface area contributed by atoms with Crippen LogP contribution in [-0.4, -0.2) is 38.0 Å². The number of nitrogens with zero attached hydrogens (tertiary/aromatic N) is 4. The van der Waals surface area contributed by atoms with Gasteiger partial charge in [-0.15, -0.1) is 21.5 Å². The van der Waals surface area contributed by atoms with Gasteiger partial charge in [0, 0.05) is 24.0 Å². The molecule has 1 atom stereocenters. The molecule has 4 rings (SSSR count). The van der Waals surface area contributed by atoms with Crippen LogP contribution in [0.15, 0.2) is 45.4 Å². The number of para-hydroxylation sites is 1. The molecule has 3 heterocycles. The van der Waals surface area contributed by atoms with E-state index in [0.29, 0.717) is 33.2 Å². The van der Waals surface area contributed by atoms with Gasteiger partial charge in [0.2, 0.25) is 5.91 Å². The van der Waals surface area contributed by atoms with E-state index in [2.05, 4.69) is 20.5 Å². The maximum absolute atomic E-state index is 12.3. The fourth-order valence-corrected chi connectivity index (χ4v) is 3.99. The lowest BCUT2D eigenvalue weighted by molar-refractivity contribution is -0.115. The first-order valence-electron chi connectivity index (χ1n) is 8.40. The predicted octanol–water partition coefficient (Wildman–Crippen LogP) is 3.81. The van der Waals surface area contributed by atoms with Crippen LogP contribution in [-0.2, 0) is 11.8 Å². The summed E-state index contributed by atoms with van der Waals surface area (Å²) in [5.41, 5.74) is 0.661. The normalized spacial score (nSPS) is 12.2. The lowest BCUT2D eigenvalue weighted by atomic mass is 10.2. The third kappa shape index (κ3) is 3.48. The number of thioether (sulfide) groups is 1. The lowest BCUT2D eigenvalue weighted by Crippen LogP contribution is -2.22. The quantitative estimate of drug-likeness (QED) is 0.478. The highest BCUT2D eigenvalue weighted by molar-refractivity contribution is 8.00. The van der Waals surface area contributed by atoms with E-state index in [1.54, 1.807) is 13.3 Å². The van der Waals surface area contributed by atoms with Crippen LogP contribution in [0.2, 0.25) is 0 Å². The fraction of sp³-hybridized carbons (Fsp3) is 0.222. The zero-order chi connectivity index (χ0) is 19.7. The molecule has 28 heavy (non-hydrogen) atoms. The Balaban J connectivity index is 1.55. The zero-order valence-electron chi connectivity index (χ0n) is 15.4. The molecule has 0 bridgehead atoms. The van der Waals surface area contributed by atoms with Crippen LogP contribution in [0, 0.1) is 0 Å². The second-order valence-electron chi connectivity index (χ2n) is 5.94. The minimum atomic E-state index is -0.365. The van der Waals surface area contributed by atoms with Crippen LogP contribution in [0.4, 0.5) is 5.13 Å². The molecule has 0 aliphatic carbocycles. The van der Waals surface area contributed by atoms with Crippen molar-refractivity contribution in [3.8, 4) is 17.3 Å². The van der Waals surface area contributed by atoms with E-state index >= 15 is 0 Å². The summed E-state index contributed by atoms with van der Waals surface area (Å²) in [5, 5.41) is 14.8. The number of amides is 1. The van der Waals surface area contributed by atoms with E-state index in [-0.39, 0.29) is 11.2 Å². The molecular weight excluding hydrogens is 398 g/mol. The van der Waals surface area contributed by atoms with Crippen molar-refractivity contribution in [1.82, 2.24) is 19.7 Å².